The van der Waals surface area contributed by atoms with Crippen LogP contribution in [0.2, 0.25) is 0 Å². The van der Waals surface area contributed by atoms with Gasteiger partial charge >= 0.3 is 12.0 Å². The van der Waals surface area contributed by atoms with Crippen LogP contribution in [0, 0.1) is 0 Å². The molecule has 2 aliphatic rings. The Balaban J connectivity index is 1.37. The van der Waals surface area contributed by atoms with E-state index in [9.17, 15) is 19.5 Å². The SMILES string of the molecule is O=C(CCCC[C@@H]1SC[C@@H]2NC(=O)N[C@@H]21)NC(Cc1ccccc1)C(=O)O. The molecule has 2 aliphatic heterocycles. The average molecular weight is 391 g/mol. The number of amides is 3. The van der Waals surface area contributed by atoms with Crippen molar-refractivity contribution in [1.82, 2.24) is 16.0 Å². The van der Waals surface area contributed by atoms with E-state index in [1.165, 1.54) is 0 Å². The Hall–Kier alpha value is -2.22. The van der Waals surface area contributed by atoms with Crippen molar-refractivity contribution in [2.45, 2.75) is 55.5 Å². The van der Waals surface area contributed by atoms with E-state index >= 15 is 0 Å². The topological polar surface area (TPSA) is 108 Å². The average Bonchev–Trinajstić information content (AvgIpc) is 3.18. The quantitative estimate of drug-likeness (QED) is 0.377. The van der Waals surface area contributed by atoms with Crippen LogP contribution < -0.4 is 16.0 Å². The van der Waals surface area contributed by atoms with Crippen LogP contribution in [-0.2, 0) is 16.0 Å². The molecule has 1 aromatic rings. The van der Waals surface area contributed by atoms with Gasteiger partial charge in [-0.1, -0.05) is 36.8 Å². The van der Waals surface area contributed by atoms with E-state index < -0.39 is 12.0 Å². The van der Waals surface area contributed by atoms with Gasteiger partial charge in [0.15, 0.2) is 0 Å². The molecule has 0 aliphatic carbocycles. The third-order valence-corrected chi connectivity index (χ3v) is 6.51. The summed E-state index contributed by atoms with van der Waals surface area (Å²) in [6.07, 6.45) is 3.11. The van der Waals surface area contributed by atoms with E-state index in [4.69, 9.17) is 0 Å². The summed E-state index contributed by atoms with van der Waals surface area (Å²) in [5.74, 6) is -0.329. The Morgan fingerprint density at radius 2 is 2.00 bits per heavy atom. The summed E-state index contributed by atoms with van der Waals surface area (Å²) < 4.78 is 0. The number of benzene rings is 1. The molecule has 0 bridgehead atoms. The number of carbonyl (C=O) groups is 3. The molecule has 0 spiro atoms. The maximum atomic E-state index is 12.1. The van der Waals surface area contributed by atoms with Gasteiger partial charge in [-0.25, -0.2) is 9.59 Å². The number of unbranched alkanes of at least 4 members (excludes halogenated alkanes) is 1. The first-order valence-corrected chi connectivity index (χ1v) is 10.3. The lowest BCUT2D eigenvalue weighted by Gasteiger charge is -2.17. The van der Waals surface area contributed by atoms with Gasteiger partial charge in [0, 0.05) is 23.8 Å². The molecule has 4 atom stereocenters. The summed E-state index contributed by atoms with van der Waals surface area (Å²) in [5.41, 5.74) is 0.880. The number of carboxylic acids is 1. The third-order valence-electron chi connectivity index (χ3n) is 5.00. The van der Waals surface area contributed by atoms with E-state index in [-0.39, 0.29) is 30.4 Å². The fourth-order valence-corrected chi connectivity index (χ4v) is 5.13. The number of hydrogen-bond donors (Lipinski definition) is 4. The largest absolute Gasteiger partial charge is 0.480 e. The van der Waals surface area contributed by atoms with Crippen LogP contribution in [0.5, 0.6) is 0 Å². The highest BCUT2D eigenvalue weighted by atomic mass is 32.2. The minimum absolute atomic E-state index is 0.0900. The Morgan fingerprint density at radius 3 is 2.74 bits per heavy atom. The molecule has 0 saturated carbocycles. The van der Waals surface area contributed by atoms with Crippen LogP contribution in [0.1, 0.15) is 31.2 Å². The summed E-state index contributed by atoms with van der Waals surface area (Å²) >= 11 is 1.86. The number of rotatable bonds is 9. The van der Waals surface area contributed by atoms with Gasteiger partial charge in [-0.15, -0.1) is 0 Å². The Morgan fingerprint density at radius 1 is 1.22 bits per heavy atom. The lowest BCUT2D eigenvalue weighted by Crippen LogP contribution is -2.42. The van der Waals surface area contributed by atoms with Crippen LogP contribution in [0.25, 0.3) is 0 Å². The number of thioether (sulfide) groups is 1. The van der Waals surface area contributed by atoms with Gasteiger partial charge in [-0.3, -0.25) is 4.79 Å². The van der Waals surface area contributed by atoms with Gasteiger partial charge < -0.3 is 21.1 Å². The molecular weight excluding hydrogens is 366 g/mol. The summed E-state index contributed by atoms with van der Waals surface area (Å²) in [6, 6.07) is 8.67. The zero-order chi connectivity index (χ0) is 19.2. The number of fused-ring (bicyclic) bond motifs is 1. The number of hydrogen-bond acceptors (Lipinski definition) is 4. The van der Waals surface area contributed by atoms with Crippen molar-refractivity contribution < 1.29 is 19.5 Å². The molecule has 1 unspecified atom stereocenters. The molecule has 8 heteroatoms. The Kier molecular flexibility index (Phi) is 6.60. The molecule has 4 N–H and O–H groups in total. The van der Waals surface area contributed by atoms with Crippen molar-refractivity contribution in [3.8, 4) is 0 Å². The van der Waals surface area contributed by atoms with Crippen molar-refractivity contribution in [2.24, 2.45) is 0 Å². The first-order chi connectivity index (χ1) is 13.0. The van der Waals surface area contributed by atoms with Crippen LogP contribution in [0.4, 0.5) is 4.79 Å². The summed E-state index contributed by atoms with van der Waals surface area (Å²) in [5, 5.41) is 18.2. The van der Waals surface area contributed by atoms with Gasteiger partial charge in [-0.05, 0) is 18.4 Å². The molecule has 146 valence electrons. The molecule has 3 rings (SSSR count). The minimum Gasteiger partial charge on any atom is -0.480 e. The van der Waals surface area contributed by atoms with Crippen molar-refractivity contribution >= 4 is 29.7 Å². The molecule has 0 radical (unpaired) electrons. The molecule has 2 fully saturated rings. The second-order valence-electron chi connectivity index (χ2n) is 7.02. The molecule has 7 nitrogen and oxygen atoms in total. The second kappa shape index (κ2) is 9.12. The van der Waals surface area contributed by atoms with Crippen molar-refractivity contribution in [3.05, 3.63) is 35.9 Å². The number of carbonyl (C=O) groups excluding carboxylic acids is 2. The highest BCUT2D eigenvalue weighted by Crippen LogP contribution is 2.33. The van der Waals surface area contributed by atoms with E-state index in [0.717, 1.165) is 24.2 Å². The van der Waals surface area contributed by atoms with E-state index in [2.05, 4.69) is 16.0 Å². The van der Waals surface area contributed by atoms with Crippen molar-refractivity contribution in [3.63, 3.8) is 0 Å². The maximum Gasteiger partial charge on any atom is 0.326 e. The zero-order valence-electron chi connectivity index (χ0n) is 15.0. The highest BCUT2D eigenvalue weighted by Gasteiger charge is 2.42. The molecule has 27 heavy (non-hydrogen) atoms. The van der Waals surface area contributed by atoms with E-state index in [1.54, 1.807) is 0 Å². The summed E-state index contributed by atoms with van der Waals surface area (Å²) in [7, 11) is 0. The molecule has 3 amide bonds. The third kappa shape index (κ3) is 5.38. The molecule has 1 aromatic carbocycles. The number of carboxylic acid groups (broad SMARTS) is 1. The second-order valence-corrected chi connectivity index (χ2v) is 8.29. The lowest BCUT2D eigenvalue weighted by molar-refractivity contribution is -0.141. The fourth-order valence-electron chi connectivity index (χ4n) is 3.59. The zero-order valence-corrected chi connectivity index (χ0v) is 15.8. The Bertz CT molecular complexity index is 685. The van der Waals surface area contributed by atoms with E-state index in [1.807, 2.05) is 42.1 Å². The first-order valence-electron chi connectivity index (χ1n) is 9.27. The molecule has 2 heterocycles. The van der Waals surface area contributed by atoms with Gasteiger partial charge in [0.05, 0.1) is 12.1 Å². The van der Waals surface area contributed by atoms with Crippen LogP contribution in [0.15, 0.2) is 30.3 Å². The predicted octanol–water partition coefficient (Wildman–Crippen LogP) is 1.52. The predicted molar refractivity (Wildman–Crippen MR) is 104 cm³/mol. The highest BCUT2D eigenvalue weighted by molar-refractivity contribution is 8.00. The molecular formula is C19H25N3O4S. The number of nitrogens with one attached hydrogen (secondary N) is 3. The van der Waals surface area contributed by atoms with Gasteiger partial charge in [-0.2, -0.15) is 11.8 Å². The van der Waals surface area contributed by atoms with Crippen LogP contribution in [-0.4, -0.2) is 52.1 Å². The van der Waals surface area contributed by atoms with Gasteiger partial charge in [0.2, 0.25) is 5.91 Å². The van der Waals surface area contributed by atoms with E-state index in [0.29, 0.717) is 18.1 Å². The minimum atomic E-state index is -1.02. The monoisotopic (exact) mass is 391 g/mol. The van der Waals surface area contributed by atoms with Gasteiger partial charge in [0.1, 0.15) is 6.04 Å². The molecule has 2 saturated heterocycles. The number of urea groups is 1. The Labute approximate surface area is 162 Å². The number of aliphatic carboxylic acids is 1. The normalized spacial score (nSPS) is 24.6. The first kappa shape index (κ1) is 19.5. The van der Waals surface area contributed by atoms with Gasteiger partial charge in [0.25, 0.3) is 0 Å². The summed E-state index contributed by atoms with van der Waals surface area (Å²) in [4.78, 5) is 34.9. The smallest absolute Gasteiger partial charge is 0.326 e. The summed E-state index contributed by atoms with van der Waals surface area (Å²) in [6.45, 7) is 0. The lowest BCUT2D eigenvalue weighted by atomic mass is 10.0. The molecule has 0 aromatic heterocycles. The fraction of sp³-hybridized carbons (Fsp3) is 0.526. The van der Waals surface area contributed by atoms with Crippen LogP contribution >= 0.6 is 11.8 Å². The van der Waals surface area contributed by atoms with Crippen molar-refractivity contribution in [1.29, 1.82) is 0 Å². The standard InChI is InChI=1S/C19H25N3O4S/c23-16(20-13(18(24)25)10-12-6-2-1-3-7-12)9-5-4-8-15-17-14(11-27-15)21-19(26)22-17/h1-3,6-7,13-15,17H,4-5,8-11H2,(H,20,23)(H,24,25)(H2,21,22,26)/t13?,14-,15-,17-/m0/s1. The van der Waals surface area contributed by atoms with Crippen LogP contribution in [0.3, 0.4) is 0 Å². The maximum absolute atomic E-state index is 12.1. The van der Waals surface area contributed by atoms with Crippen molar-refractivity contribution in [2.75, 3.05) is 5.75 Å².